The normalized spacial score (nSPS) is 13.8. The Kier molecular flexibility index (Phi) is 5.46. The molecule has 1 aliphatic heterocycles. The third-order valence-corrected chi connectivity index (χ3v) is 4.56. The number of anilines is 4. The number of nitrogens with one attached hydrogen (secondary N) is 2. The summed E-state index contributed by atoms with van der Waals surface area (Å²) in [5, 5.41) is 14.4. The van der Waals surface area contributed by atoms with Gasteiger partial charge in [0.15, 0.2) is 11.6 Å². The van der Waals surface area contributed by atoms with E-state index in [1.807, 2.05) is 30.3 Å². The van der Waals surface area contributed by atoms with E-state index >= 15 is 0 Å². The highest BCUT2D eigenvalue weighted by atomic mass is 19.1. The van der Waals surface area contributed by atoms with Gasteiger partial charge in [-0.05, 0) is 48.5 Å². The highest BCUT2D eigenvalue weighted by Crippen LogP contribution is 2.17. The van der Waals surface area contributed by atoms with Gasteiger partial charge < -0.3 is 20.4 Å². The van der Waals surface area contributed by atoms with Crippen molar-refractivity contribution in [1.82, 2.24) is 20.1 Å². The Morgan fingerprint density at radius 3 is 2.34 bits per heavy atom. The van der Waals surface area contributed by atoms with Gasteiger partial charge in [-0.1, -0.05) is 6.07 Å². The van der Waals surface area contributed by atoms with Gasteiger partial charge in [0.2, 0.25) is 0 Å². The molecule has 8 nitrogen and oxygen atoms in total. The number of nitrogens with zero attached hydrogens (tertiary/aromatic N) is 5. The van der Waals surface area contributed by atoms with Gasteiger partial charge in [0.05, 0.1) is 0 Å². The van der Waals surface area contributed by atoms with E-state index in [1.54, 1.807) is 23.2 Å². The number of pyridine rings is 1. The number of urea groups is 1. The Morgan fingerprint density at radius 2 is 1.69 bits per heavy atom. The molecule has 0 unspecified atom stereocenters. The maximum atomic E-state index is 13.0. The molecule has 0 spiro atoms. The summed E-state index contributed by atoms with van der Waals surface area (Å²) in [6, 6.07) is 14.9. The fourth-order valence-corrected chi connectivity index (χ4v) is 3.00. The van der Waals surface area contributed by atoms with Crippen LogP contribution in [0.25, 0.3) is 0 Å². The van der Waals surface area contributed by atoms with Crippen molar-refractivity contribution in [2.75, 3.05) is 41.7 Å². The smallest absolute Gasteiger partial charge is 0.321 e. The van der Waals surface area contributed by atoms with Gasteiger partial charge in [-0.3, -0.25) is 0 Å². The molecule has 1 fully saturated rings. The van der Waals surface area contributed by atoms with E-state index in [9.17, 15) is 9.18 Å². The SMILES string of the molecule is O=C(Nc1ccc(F)cc1)N1CCN(c2ccc(Nc3ccccn3)nn2)CC1. The first kappa shape index (κ1) is 18.6. The van der Waals surface area contributed by atoms with E-state index < -0.39 is 0 Å². The van der Waals surface area contributed by atoms with E-state index in [2.05, 4.69) is 30.7 Å². The first-order chi connectivity index (χ1) is 14.2. The lowest BCUT2D eigenvalue weighted by Gasteiger charge is -2.35. The van der Waals surface area contributed by atoms with Crippen molar-refractivity contribution in [1.29, 1.82) is 0 Å². The van der Waals surface area contributed by atoms with Crippen LogP contribution >= 0.6 is 0 Å². The molecule has 29 heavy (non-hydrogen) atoms. The van der Waals surface area contributed by atoms with Gasteiger partial charge in [-0.25, -0.2) is 14.2 Å². The highest BCUT2D eigenvalue weighted by Gasteiger charge is 2.22. The average molecular weight is 393 g/mol. The Labute approximate surface area is 167 Å². The number of hydrogen-bond acceptors (Lipinski definition) is 6. The summed E-state index contributed by atoms with van der Waals surface area (Å²) < 4.78 is 13.0. The minimum absolute atomic E-state index is 0.197. The van der Waals surface area contributed by atoms with Crippen LogP contribution in [0, 0.1) is 5.82 Å². The van der Waals surface area contributed by atoms with Crippen LogP contribution in [0.4, 0.5) is 32.3 Å². The summed E-state index contributed by atoms with van der Waals surface area (Å²) in [7, 11) is 0. The van der Waals surface area contributed by atoms with Gasteiger partial charge in [-0.15, -0.1) is 10.2 Å². The molecule has 1 aromatic carbocycles. The molecular formula is C20H20FN7O. The zero-order chi connectivity index (χ0) is 20.1. The maximum Gasteiger partial charge on any atom is 0.321 e. The zero-order valence-corrected chi connectivity index (χ0v) is 15.6. The molecule has 3 heterocycles. The van der Waals surface area contributed by atoms with Gasteiger partial charge >= 0.3 is 6.03 Å². The number of halogens is 1. The summed E-state index contributed by atoms with van der Waals surface area (Å²) in [4.78, 5) is 20.4. The molecule has 0 saturated carbocycles. The van der Waals surface area contributed by atoms with Crippen molar-refractivity contribution in [2.24, 2.45) is 0 Å². The number of carbonyl (C=O) groups excluding carboxylic acids is 1. The second-order valence-electron chi connectivity index (χ2n) is 6.53. The van der Waals surface area contributed by atoms with Gasteiger partial charge in [0.25, 0.3) is 0 Å². The lowest BCUT2D eigenvalue weighted by Crippen LogP contribution is -2.50. The van der Waals surface area contributed by atoms with Crippen molar-refractivity contribution < 1.29 is 9.18 Å². The molecule has 0 radical (unpaired) electrons. The molecule has 4 rings (SSSR count). The Hall–Kier alpha value is -3.75. The Bertz CT molecular complexity index is 943. The second-order valence-corrected chi connectivity index (χ2v) is 6.53. The fourth-order valence-electron chi connectivity index (χ4n) is 3.00. The van der Waals surface area contributed by atoms with Crippen LogP contribution in [0.3, 0.4) is 0 Å². The van der Waals surface area contributed by atoms with Gasteiger partial charge in [-0.2, -0.15) is 0 Å². The number of benzene rings is 1. The summed E-state index contributed by atoms with van der Waals surface area (Å²) in [5.74, 6) is 1.74. The molecule has 3 aromatic rings. The molecule has 9 heteroatoms. The van der Waals surface area contributed by atoms with E-state index in [1.165, 1.54) is 12.1 Å². The van der Waals surface area contributed by atoms with E-state index in [0.717, 1.165) is 5.82 Å². The van der Waals surface area contributed by atoms with Crippen molar-refractivity contribution in [2.45, 2.75) is 0 Å². The van der Waals surface area contributed by atoms with Crippen LogP contribution in [0.2, 0.25) is 0 Å². The molecule has 2 amide bonds. The zero-order valence-electron chi connectivity index (χ0n) is 15.6. The van der Waals surface area contributed by atoms with Crippen LogP contribution in [-0.2, 0) is 0 Å². The monoisotopic (exact) mass is 393 g/mol. The van der Waals surface area contributed by atoms with Crippen molar-refractivity contribution in [3.8, 4) is 0 Å². The number of carbonyl (C=O) groups is 1. The minimum Gasteiger partial charge on any atom is -0.352 e. The summed E-state index contributed by atoms with van der Waals surface area (Å²) in [6.07, 6.45) is 1.70. The lowest BCUT2D eigenvalue weighted by molar-refractivity contribution is 0.208. The van der Waals surface area contributed by atoms with Crippen LogP contribution in [0.15, 0.2) is 60.8 Å². The molecule has 0 atom stereocenters. The van der Waals surface area contributed by atoms with Crippen molar-refractivity contribution in [3.63, 3.8) is 0 Å². The van der Waals surface area contributed by atoms with E-state index in [4.69, 9.17) is 0 Å². The molecule has 148 valence electrons. The topological polar surface area (TPSA) is 86.3 Å². The number of aromatic nitrogens is 3. The third-order valence-electron chi connectivity index (χ3n) is 4.56. The van der Waals surface area contributed by atoms with E-state index in [-0.39, 0.29) is 11.8 Å². The first-order valence-corrected chi connectivity index (χ1v) is 9.25. The standard InChI is InChI=1S/C20H20FN7O/c21-15-4-6-16(7-5-15)23-20(29)28-13-11-27(12-14-28)19-9-8-18(25-26-19)24-17-3-1-2-10-22-17/h1-10H,11-14H2,(H,23,29)(H,22,24,25). The van der Waals surface area contributed by atoms with Gasteiger partial charge in [0.1, 0.15) is 11.6 Å². The average Bonchev–Trinajstić information content (AvgIpc) is 2.77. The molecule has 2 N–H and O–H groups in total. The number of amides is 2. The summed E-state index contributed by atoms with van der Waals surface area (Å²) in [6.45, 7) is 2.42. The molecule has 0 aliphatic carbocycles. The summed E-state index contributed by atoms with van der Waals surface area (Å²) >= 11 is 0. The number of hydrogen-bond donors (Lipinski definition) is 2. The molecule has 0 bridgehead atoms. The maximum absolute atomic E-state index is 13.0. The largest absolute Gasteiger partial charge is 0.352 e. The van der Waals surface area contributed by atoms with Gasteiger partial charge in [0, 0.05) is 38.1 Å². The molecule has 2 aromatic heterocycles. The molecule has 1 saturated heterocycles. The van der Waals surface area contributed by atoms with E-state index in [0.29, 0.717) is 43.5 Å². The number of piperazine rings is 1. The Morgan fingerprint density at radius 1 is 0.897 bits per heavy atom. The number of rotatable bonds is 4. The quantitative estimate of drug-likeness (QED) is 0.708. The van der Waals surface area contributed by atoms with Crippen molar-refractivity contribution in [3.05, 3.63) is 66.6 Å². The van der Waals surface area contributed by atoms with Crippen LogP contribution in [-0.4, -0.2) is 52.3 Å². The first-order valence-electron chi connectivity index (χ1n) is 9.25. The minimum atomic E-state index is -0.334. The molecule has 1 aliphatic rings. The second kappa shape index (κ2) is 8.51. The lowest BCUT2D eigenvalue weighted by atomic mass is 10.3. The third kappa shape index (κ3) is 4.75. The van der Waals surface area contributed by atoms with Crippen LogP contribution in [0.5, 0.6) is 0 Å². The summed E-state index contributed by atoms with van der Waals surface area (Å²) in [5.41, 5.74) is 0.570. The fraction of sp³-hybridized carbons (Fsp3) is 0.200. The molecular weight excluding hydrogens is 373 g/mol. The Balaban J connectivity index is 1.30. The van der Waals surface area contributed by atoms with Crippen LogP contribution < -0.4 is 15.5 Å². The predicted molar refractivity (Wildman–Crippen MR) is 109 cm³/mol. The van der Waals surface area contributed by atoms with Crippen molar-refractivity contribution >= 4 is 29.2 Å². The predicted octanol–water partition coefficient (Wildman–Crippen LogP) is 3.11. The van der Waals surface area contributed by atoms with Crippen LogP contribution in [0.1, 0.15) is 0 Å². The highest BCUT2D eigenvalue weighted by molar-refractivity contribution is 5.89.